The number of nitrogens with one attached hydrogen (secondary N) is 2. The SMILES string of the molecule is COC(=O)Nc1nc(CC(=O)Nc2cccc3nc(C)ccc23)cs1. The molecule has 2 N–H and O–H groups in total. The van der Waals surface area contributed by atoms with E-state index in [2.05, 4.69) is 25.3 Å². The van der Waals surface area contributed by atoms with Crippen LogP contribution < -0.4 is 10.6 Å². The Morgan fingerprint density at radius 2 is 2.00 bits per heavy atom. The van der Waals surface area contributed by atoms with Crippen molar-refractivity contribution in [1.29, 1.82) is 0 Å². The third kappa shape index (κ3) is 4.10. The van der Waals surface area contributed by atoms with Crippen LogP contribution in [0, 0.1) is 6.92 Å². The van der Waals surface area contributed by atoms with E-state index in [1.165, 1.54) is 18.4 Å². The average molecular weight is 356 g/mol. The number of benzene rings is 1. The lowest BCUT2D eigenvalue weighted by Gasteiger charge is -2.08. The number of anilines is 2. The number of pyridine rings is 1. The van der Waals surface area contributed by atoms with Gasteiger partial charge in [-0.25, -0.2) is 9.78 Å². The zero-order chi connectivity index (χ0) is 17.8. The lowest BCUT2D eigenvalue weighted by molar-refractivity contribution is -0.115. The van der Waals surface area contributed by atoms with Crippen LogP contribution in [-0.2, 0) is 16.0 Å². The Morgan fingerprint density at radius 1 is 1.16 bits per heavy atom. The molecule has 0 saturated heterocycles. The lowest BCUT2D eigenvalue weighted by Crippen LogP contribution is -2.15. The summed E-state index contributed by atoms with van der Waals surface area (Å²) < 4.78 is 4.50. The Morgan fingerprint density at radius 3 is 2.80 bits per heavy atom. The van der Waals surface area contributed by atoms with Crippen molar-refractivity contribution in [1.82, 2.24) is 9.97 Å². The summed E-state index contributed by atoms with van der Waals surface area (Å²) in [5.74, 6) is -0.192. The highest BCUT2D eigenvalue weighted by atomic mass is 32.1. The Bertz CT molecular complexity index is 939. The molecule has 2 aromatic heterocycles. The Hall–Kier alpha value is -3.00. The molecule has 0 aliphatic carbocycles. The highest BCUT2D eigenvalue weighted by Crippen LogP contribution is 2.23. The number of aryl methyl sites for hydroxylation is 1. The van der Waals surface area contributed by atoms with Crippen molar-refractivity contribution in [3.8, 4) is 0 Å². The molecule has 0 saturated carbocycles. The number of carbonyl (C=O) groups is 2. The smallest absolute Gasteiger partial charge is 0.413 e. The third-order valence-corrected chi connectivity index (χ3v) is 4.24. The van der Waals surface area contributed by atoms with Crippen LogP contribution in [0.4, 0.5) is 15.6 Å². The van der Waals surface area contributed by atoms with Gasteiger partial charge in [-0.3, -0.25) is 15.1 Å². The molecule has 0 atom stereocenters. The molecule has 1 aromatic carbocycles. The van der Waals surface area contributed by atoms with Crippen molar-refractivity contribution >= 4 is 45.1 Å². The van der Waals surface area contributed by atoms with E-state index in [-0.39, 0.29) is 12.3 Å². The summed E-state index contributed by atoms with van der Waals surface area (Å²) >= 11 is 1.23. The van der Waals surface area contributed by atoms with Crippen LogP contribution >= 0.6 is 11.3 Å². The van der Waals surface area contributed by atoms with Crippen LogP contribution in [0.15, 0.2) is 35.7 Å². The molecule has 0 aliphatic heterocycles. The highest BCUT2D eigenvalue weighted by Gasteiger charge is 2.11. The number of ether oxygens (including phenoxy) is 1. The van der Waals surface area contributed by atoms with E-state index >= 15 is 0 Å². The first-order valence-electron chi connectivity index (χ1n) is 7.51. The van der Waals surface area contributed by atoms with Gasteiger partial charge in [0.1, 0.15) is 0 Å². The van der Waals surface area contributed by atoms with E-state index in [0.717, 1.165) is 16.6 Å². The fraction of sp³-hybridized carbons (Fsp3) is 0.176. The molecule has 128 valence electrons. The van der Waals surface area contributed by atoms with Gasteiger partial charge in [-0.1, -0.05) is 6.07 Å². The summed E-state index contributed by atoms with van der Waals surface area (Å²) in [4.78, 5) is 32.1. The summed E-state index contributed by atoms with van der Waals surface area (Å²) in [6, 6.07) is 9.44. The number of rotatable bonds is 4. The van der Waals surface area contributed by atoms with Crippen LogP contribution in [-0.4, -0.2) is 29.1 Å². The molecule has 3 aromatic rings. The van der Waals surface area contributed by atoms with Gasteiger partial charge in [-0.05, 0) is 31.2 Å². The zero-order valence-electron chi connectivity index (χ0n) is 13.7. The molecule has 0 bridgehead atoms. The predicted octanol–water partition coefficient (Wildman–Crippen LogP) is 3.36. The number of thiazole rings is 1. The second-order valence-electron chi connectivity index (χ2n) is 5.31. The number of fused-ring (bicyclic) bond motifs is 1. The highest BCUT2D eigenvalue weighted by molar-refractivity contribution is 7.13. The number of carbonyl (C=O) groups excluding carboxylic acids is 2. The molecule has 7 nitrogen and oxygen atoms in total. The van der Waals surface area contributed by atoms with Crippen LogP contribution in [0.25, 0.3) is 10.9 Å². The lowest BCUT2D eigenvalue weighted by atomic mass is 10.1. The van der Waals surface area contributed by atoms with E-state index in [9.17, 15) is 9.59 Å². The van der Waals surface area contributed by atoms with E-state index in [1.807, 2.05) is 37.3 Å². The number of amides is 2. The maximum absolute atomic E-state index is 12.3. The molecule has 0 spiro atoms. The maximum atomic E-state index is 12.3. The normalized spacial score (nSPS) is 10.5. The molecule has 0 fully saturated rings. The van der Waals surface area contributed by atoms with Gasteiger partial charge in [0.25, 0.3) is 0 Å². The Labute approximate surface area is 148 Å². The van der Waals surface area contributed by atoms with Crippen molar-refractivity contribution in [2.75, 3.05) is 17.7 Å². The van der Waals surface area contributed by atoms with Crippen molar-refractivity contribution in [3.05, 3.63) is 47.1 Å². The van der Waals surface area contributed by atoms with E-state index in [0.29, 0.717) is 16.5 Å². The molecule has 25 heavy (non-hydrogen) atoms. The molecular formula is C17H16N4O3S. The summed E-state index contributed by atoms with van der Waals surface area (Å²) in [6.07, 6.45) is -0.487. The maximum Gasteiger partial charge on any atom is 0.413 e. The third-order valence-electron chi connectivity index (χ3n) is 3.43. The Balaban J connectivity index is 1.70. The average Bonchev–Trinajstić information content (AvgIpc) is 3.01. The standard InChI is InChI=1S/C17H16N4O3S/c1-10-6-7-12-13(18-10)4-3-5-14(12)20-15(22)8-11-9-25-16(19-11)21-17(23)24-2/h3-7,9H,8H2,1-2H3,(H,20,22)(H,19,21,23). The van der Waals surface area contributed by atoms with Crippen LogP contribution in [0.3, 0.4) is 0 Å². The first kappa shape index (κ1) is 16.8. The van der Waals surface area contributed by atoms with Gasteiger partial charge in [0.2, 0.25) is 5.91 Å². The summed E-state index contributed by atoms with van der Waals surface area (Å²) in [6.45, 7) is 1.92. The minimum atomic E-state index is -0.594. The van der Waals surface area contributed by atoms with E-state index in [1.54, 1.807) is 5.38 Å². The van der Waals surface area contributed by atoms with Crippen LogP contribution in [0.5, 0.6) is 0 Å². The molecule has 0 unspecified atom stereocenters. The Kier molecular flexibility index (Phi) is 4.90. The van der Waals surface area contributed by atoms with Crippen molar-refractivity contribution in [3.63, 3.8) is 0 Å². The van der Waals surface area contributed by atoms with Gasteiger partial charge < -0.3 is 10.1 Å². The van der Waals surface area contributed by atoms with Gasteiger partial charge in [0.15, 0.2) is 5.13 Å². The fourth-order valence-corrected chi connectivity index (χ4v) is 3.00. The van der Waals surface area contributed by atoms with Crippen LogP contribution in [0.2, 0.25) is 0 Å². The first-order chi connectivity index (χ1) is 12.0. The van der Waals surface area contributed by atoms with E-state index < -0.39 is 6.09 Å². The summed E-state index contributed by atoms with van der Waals surface area (Å²) in [5, 5.41) is 8.35. The minimum absolute atomic E-state index is 0.106. The molecule has 2 heterocycles. The number of hydrogen-bond acceptors (Lipinski definition) is 6. The number of nitrogens with zero attached hydrogens (tertiary/aromatic N) is 2. The van der Waals surface area contributed by atoms with Crippen molar-refractivity contribution in [2.24, 2.45) is 0 Å². The second kappa shape index (κ2) is 7.27. The quantitative estimate of drug-likeness (QED) is 0.748. The second-order valence-corrected chi connectivity index (χ2v) is 6.17. The van der Waals surface area contributed by atoms with Crippen molar-refractivity contribution in [2.45, 2.75) is 13.3 Å². The number of hydrogen-bond donors (Lipinski definition) is 2. The van der Waals surface area contributed by atoms with Crippen LogP contribution in [0.1, 0.15) is 11.4 Å². The summed E-state index contributed by atoms with van der Waals surface area (Å²) in [7, 11) is 1.28. The zero-order valence-corrected chi connectivity index (χ0v) is 14.5. The summed E-state index contributed by atoms with van der Waals surface area (Å²) in [5.41, 5.74) is 3.03. The molecule has 3 rings (SSSR count). The molecule has 0 aliphatic rings. The van der Waals surface area contributed by atoms with Crippen molar-refractivity contribution < 1.29 is 14.3 Å². The first-order valence-corrected chi connectivity index (χ1v) is 8.39. The number of aromatic nitrogens is 2. The minimum Gasteiger partial charge on any atom is -0.453 e. The van der Waals surface area contributed by atoms with Gasteiger partial charge in [0, 0.05) is 16.5 Å². The molecule has 0 radical (unpaired) electrons. The molecular weight excluding hydrogens is 340 g/mol. The predicted molar refractivity (Wildman–Crippen MR) is 97.0 cm³/mol. The van der Waals surface area contributed by atoms with Gasteiger partial charge in [-0.15, -0.1) is 11.3 Å². The fourth-order valence-electron chi connectivity index (χ4n) is 2.31. The molecule has 2 amide bonds. The van der Waals surface area contributed by atoms with Gasteiger partial charge >= 0.3 is 6.09 Å². The van der Waals surface area contributed by atoms with E-state index in [4.69, 9.17) is 0 Å². The number of methoxy groups -OCH3 is 1. The molecule has 8 heteroatoms. The van der Waals surface area contributed by atoms with Gasteiger partial charge in [-0.2, -0.15) is 0 Å². The monoisotopic (exact) mass is 356 g/mol. The topological polar surface area (TPSA) is 93.2 Å². The van der Waals surface area contributed by atoms with Gasteiger partial charge in [0.05, 0.1) is 30.4 Å². The largest absolute Gasteiger partial charge is 0.453 e.